The highest BCUT2D eigenvalue weighted by Crippen LogP contribution is 2.22. The first-order valence-corrected chi connectivity index (χ1v) is 5.47. The van der Waals surface area contributed by atoms with Crippen molar-refractivity contribution in [3.63, 3.8) is 0 Å². The molecular weight excluding hydrogens is 240 g/mol. The zero-order valence-corrected chi connectivity index (χ0v) is 9.95. The van der Waals surface area contributed by atoms with E-state index >= 15 is 0 Å². The molecule has 0 atom stereocenters. The molecule has 0 fully saturated rings. The van der Waals surface area contributed by atoms with E-state index in [-0.39, 0.29) is 11.6 Å². The number of aliphatic carboxylic acids is 1. The molecule has 0 saturated carbocycles. The van der Waals surface area contributed by atoms with Crippen molar-refractivity contribution in [1.82, 2.24) is 9.97 Å². The van der Waals surface area contributed by atoms with Gasteiger partial charge in [0.05, 0.1) is 12.1 Å². The van der Waals surface area contributed by atoms with Gasteiger partial charge in [-0.1, -0.05) is 35.4 Å². The monoisotopic (exact) mass is 250 g/mol. The van der Waals surface area contributed by atoms with E-state index in [2.05, 4.69) is 9.97 Å². The highest BCUT2D eigenvalue weighted by atomic mass is 35.5. The van der Waals surface area contributed by atoms with Crippen LogP contribution >= 0.6 is 11.6 Å². The van der Waals surface area contributed by atoms with Crippen LogP contribution in [-0.4, -0.2) is 21.0 Å². The first-order chi connectivity index (χ1) is 8.06. The number of benzene rings is 1. The number of aryl methyl sites for hydroxylation is 1. The van der Waals surface area contributed by atoms with E-state index in [4.69, 9.17) is 16.7 Å². The molecule has 2 rings (SSSR count). The molecule has 1 heterocycles. The van der Waals surface area contributed by atoms with Gasteiger partial charge in [0.1, 0.15) is 5.82 Å². The van der Waals surface area contributed by atoms with Crippen LogP contribution in [0.5, 0.6) is 0 Å². The molecule has 4 nitrogen and oxygen atoms in total. The molecule has 0 radical (unpaired) electrons. The fraction of sp³-hybridized carbons (Fsp3) is 0.167. The molecule has 0 unspecified atom stereocenters. The summed E-state index contributed by atoms with van der Waals surface area (Å²) >= 11 is 5.87. The number of aromatic nitrogens is 2. The molecule has 5 heteroatoms. The molecule has 2 N–H and O–H groups in total. The number of imidazole rings is 1. The summed E-state index contributed by atoms with van der Waals surface area (Å²) in [6.45, 7) is 1.98. The average Bonchev–Trinajstić information content (AvgIpc) is 2.59. The summed E-state index contributed by atoms with van der Waals surface area (Å²) in [4.78, 5) is 17.7. The molecule has 0 aliphatic heterocycles. The van der Waals surface area contributed by atoms with Crippen molar-refractivity contribution in [3.05, 3.63) is 40.7 Å². The third-order valence-corrected chi connectivity index (χ3v) is 2.66. The Balaban J connectivity index is 2.37. The lowest BCUT2D eigenvalue weighted by Gasteiger charge is -1.97. The number of carboxylic acid groups (broad SMARTS) is 1. The Bertz CT molecular complexity index is 563. The third-order valence-electron chi connectivity index (χ3n) is 2.35. The molecule has 0 spiro atoms. The van der Waals surface area contributed by atoms with E-state index in [9.17, 15) is 4.79 Å². The van der Waals surface area contributed by atoms with E-state index in [0.29, 0.717) is 11.5 Å². The minimum atomic E-state index is -0.939. The minimum absolute atomic E-state index is 0.155. The maximum atomic E-state index is 10.6. The molecular formula is C12H11ClN2O2. The number of carboxylic acids is 1. The lowest BCUT2D eigenvalue weighted by atomic mass is 10.1. The quantitative estimate of drug-likeness (QED) is 0.880. The topological polar surface area (TPSA) is 66.0 Å². The number of hydrogen-bond acceptors (Lipinski definition) is 2. The summed E-state index contributed by atoms with van der Waals surface area (Å²) in [5.41, 5.74) is 2.43. The van der Waals surface area contributed by atoms with Crippen molar-refractivity contribution < 1.29 is 9.90 Å². The Hall–Kier alpha value is -1.81. The van der Waals surface area contributed by atoms with Gasteiger partial charge in [0.15, 0.2) is 5.15 Å². The van der Waals surface area contributed by atoms with E-state index in [1.807, 2.05) is 31.2 Å². The fourth-order valence-electron chi connectivity index (χ4n) is 1.59. The van der Waals surface area contributed by atoms with E-state index in [0.717, 1.165) is 11.1 Å². The van der Waals surface area contributed by atoms with Crippen LogP contribution in [0.1, 0.15) is 11.3 Å². The molecule has 1 aromatic carbocycles. The van der Waals surface area contributed by atoms with Gasteiger partial charge in [0, 0.05) is 5.56 Å². The summed E-state index contributed by atoms with van der Waals surface area (Å²) in [6.07, 6.45) is -0.155. The fourth-order valence-corrected chi connectivity index (χ4v) is 1.78. The normalized spacial score (nSPS) is 10.5. The summed E-state index contributed by atoms with van der Waals surface area (Å²) in [5.74, 6) is -0.346. The number of nitrogens with zero attached hydrogens (tertiary/aromatic N) is 1. The summed E-state index contributed by atoms with van der Waals surface area (Å²) in [5, 5.41) is 8.92. The van der Waals surface area contributed by atoms with E-state index in [1.165, 1.54) is 0 Å². The van der Waals surface area contributed by atoms with Crippen LogP contribution in [0, 0.1) is 6.92 Å². The number of H-pyrrole nitrogens is 1. The van der Waals surface area contributed by atoms with Crippen LogP contribution in [0.15, 0.2) is 24.3 Å². The van der Waals surface area contributed by atoms with Crippen LogP contribution in [0.25, 0.3) is 11.4 Å². The lowest BCUT2D eigenvalue weighted by Crippen LogP contribution is -2.00. The number of rotatable bonds is 3. The molecule has 1 aromatic heterocycles. The van der Waals surface area contributed by atoms with Gasteiger partial charge in [0.25, 0.3) is 0 Å². The van der Waals surface area contributed by atoms with Crippen molar-refractivity contribution in [3.8, 4) is 11.4 Å². The van der Waals surface area contributed by atoms with Crippen molar-refractivity contribution >= 4 is 17.6 Å². The van der Waals surface area contributed by atoms with Gasteiger partial charge in [-0.25, -0.2) is 4.98 Å². The highest BCUT2D eigenvalue weighted by molar-refractivity contribution is 6.30. The Morgan fingerprint density at radius 2 is 2.29 bits per heavy atom. The van der Waals surface area contributed by atoms with Crippen LogP contribution in [0.4, 0.5) is 0 Å². The van der Waals surface area contributed by atoms with Gasteiger partial charge in [-0.05, 0) is 13.0 Å². The molecule has 0 aliphatic carbocycles. The zero-order chi connectivity index (χ0) is 12.4. The Morgan fingerprint density at radius 1 is 1.53 bits per heavy atom. The Morgan fingerprint density at radius 3 is 2.94 bits per heavy atom. The summed E-state index contributed by atoms with van der Waals surface area (Å²) in [6, 6.07) is 7.75. The van der Waals surface area contributed by atoms with Gasteiger partial charge in [-0.2, -0.15) is 0 Å². The van der Waals surface area contributed by atoms with Gasteiger partial charge < -0.3 is 10.1 Å². The van der Waals surface area contributed by atoms with Crippen molar-refractivity contribution in [2.45, 2.75) is 13.3 Å². The van der Waals surface area contributed by atoms with Crippen molar-refractivity contribution in [2.75, 3.05) is 0 Å². The Kier molecular flexibility index (Phi) is 3.15. The second kappa shape index (κ2) is 4.59. The standard InChI is InChI=1S/C12H11ClN2O2/c1-7-3-2-4-8(5-7)12-14-9(6-10(16)17)11(13)15-12/h2-5H,6H2,1H3,(H,14,15)(H,16,17). The van der Waals surface area contributed by atoms with Gasteiger partial charge >= 0.3 is 5.97 Å². The summed E-state index contributed by atoms with van der Waals surface area (Å²) in [7, 11) is 0. The molecule has 88 valence electrons. The first kappa shape index (κ1) is 11.7. The van der Waals surface area contributed by atoms with Crippen LogP contribution in [-0.2, 0) is 11.2 Å². The molecule has 17 heavy (non-hydrogen) atoms. The third kappa shape index (κ3) is 2.65. The predicted molar refractivity (Wildman–Crippen MR) is 65.1 cm³/mol. The van der Waals surface area contributed by atoms with Crippen LogP contribution in [0.2, 0.25) is 5.15 Å². The first-order valence-electron chi connectivity index (χ1n) is 5.09. The molecule has 0 amide bonds. The van der Waals surface area contributed by atoms with Crippen LogP contribution < -0.4 is 0 Å². The number of aromatic amines is 1. The van der Waals surface area contributed by atoms with Gasteiger partial charge in [-0.3, -0.25) is 4.79 Å². The molecule has 2 aromatic rings. The maximum absolute atomic E-state index is 10.6. The largest absolute Gasteiger partial charge is 0.481 e. The second-order valence-corrected chi connectivity index (χ2v) is 4.15. The number of hydrogen-bond donors (Lipinski definition) is 2. The van der Waals surface area contributed by atoms with Crippen molar-refractivity contribution in [1.29, 1.82) is 0 Å². The van der Waals surface area contributed by atoms with Crippen molar-refractivity contribution in [2.24, 2.45) is 0 Å². The molecule has 0 bridgehead atoms. The lowest BCUT2D eigenvalue weighted by molar-refractivity contribution is -0.136. The summed E-state index contributed by atoms with van der Waals surface area (Å²) < 4.78 is 0. The minimum Gasteiger partial charge on any atom is -0.481 e. The van der Waals surface area contributed by atoms with E-state index < -0.39 is 5.97 Å². The highest BCUT2D eigenvalue weighted by Gasteiger charge is 2.12. The van der Waals surface area contributed by atoms with E-state index in [1.54, 1.807) is 0 Å². The Labute approximate surface area is 103 Å². The van der Waals surface area contributed by atoms with Gasteiger partial charge in [0.2, 0.25) is 0 Å². The zero-order valence-electron chi connectivity index (χ0n) is 9.20. The second-order valence-electron chi connectivity index (χ2n) is 3.79. The predicted octanol–water partition coefficient (Wildman–Crippen LogP) is 2.67. The SMILES string of the molecule is Cc1cccc(-c2nc(Cl)c(CC(=O)O)[nH]2)c1. The smallest absolute Gasteiger partial charge is 0.309 e. The average molecular weight is 251 g/mol. The molecule has 0 saturated heterocycles. The van der Waals surface area contributed by atoms with Crippen LogP contribution in [0.3, 0.4) is 0 Å². The van der Waals surface area contributed by atoms with Gasteiger partial charge in [-0.15, -0.1) is 0 Å². The molecule has 0 aliphatic rings. The maximum Gasteiger partial charge on any atom is 0.309 e. The number of carbonyl (C=O) groups is 1. The number of halogens is 1. The number of nitrogens with one attached hydrogen (secondary N) is 1.